The average Bonchev–Trinajstić information content (AvgIpc) is 2.80. The fraction of sp³-hybridized carbons (Fsp3) is 0.235. The Hall–Kier alpha value is -2.36. The fourth-order valence-electron chi connectivity index (χ4n) is 2.59. The molecule has 4 heteroatoms. The molecule has 3 rings (SSSR count). The second-order valence-corrected chi connectivity index (χ2v) is 5.29. The minimum Gasteiger partial charge on any atom is -0.399 e. The number of imidazole rings is 1. The van der Waals surface area contributed by atoms with Gasteiger partial charge in [-0.1, -0.05) is 6.92 Å². The lowest BCUT2D eigenvalue weighted by Crippen LogP contribution is -2.00. The van der Waals surface area contributed by atoms with Crippen LogP contribution in [0.1, 0.15) is 18.9 Å². The zero-order valence-corrected chi connectivity index (χ0v) is 12.2. The number of hydrogen-bond donors (Lipinski definition) is 1. The van der Waals surface area contributed by atoms with E-state index in [2.05, 4.69) is 16.5 Å². The van der Waals surface area contributed by atoms with Crippen molar-refractivity contribution in [3.8, 4) is 11.4 Å². The lowest BCUT2D eigenvalue weighted by atomic mass is 10.1. The lowest BCUT2D eigenvalue weighted by molar-refractivity contribution is 0.629. The summed E-state index contributed by atoms with van der Waals surface area (Å²) in [6, 6.07) is 10.6. The van der Waals surface area contributed by atoms with E-state index in [1.165, 1.54) is 12.1 Å². The van der Waals surface area contributed by atoms with Gasteiger partial charge < -0.3 is 10.3 Å². The van der Waals surface area contributed by atoms with E-state index in [0.29, 0.717) is 5.52 Å². The zero-order chi connectivity index (χ0) is 15.0. The minimum absolute atomic E-state index is 0.260. The first-order chi connectivity index (χ1) is 10.1. The minimum atomic E-state index is -0.260. The SMILES string of the molecule is CCCn1c(-c2ccc(N)c(C)c2)nc2cc(F)ccc21. The van der Waals surface area contributed by atoms with E-state index < -0.39 is 0 Å². The number of nitrogens with two attached hydrogens (primary N) is 1. The number of hydrogen-bond acceptors (Lipinski definition) is 2. The first-order valence-corrected chi connectivity index (χ1v) is 7.12. The van der Waals surface area contributed by atoms with E-state index in [4.69, 9.17) is 5.73 Å². The molecule has 21 heavy (non-hydrogen) atoms. The smallest absolute Gasteiger partial charge is 0.141 e. The zero-order valence-electron chi connectivity index (χ0n) is 12.2. The molecule has 1 aromatic heterocycles. The van der Waals surface area contributed by atoms with Crippen molar-refractivity contribution in [3.63, 3.8) is 0 Å². The molecule has 0 aliphatic carbocycles. The van der Waals surface area contributed by atoms with Crippen LogP contribution < -0.4 is 5.73 Å². The third kappa shape index (κ3) is 2.37. The van der Waals surface area contributed by atoms with Crippen LogP contribution in [0.3, 0.4) is 0 Å². The van der Waals surface area contributed by atoms with Gasteiger partial charge in [-0.25, -0.2) is 9.37 Å². The van der Waals surface area contributed by atoms with Gasteiger partial charge in [0.15, 0.2) is 0 Å². The molecule has 0 fully saturated rings. The molecule has 0 bridgehead atoms. The predicted molar refractivity (Wildman–Crippen MR) is 84.6 cm³/mol. The van der Waals surface area contributed by atoms with E-state index in [9.17, 15) is 4.39 Å². The number of aryl methyl sites for hydroxylation is 2. The van der Waals surface area contributed by atoms with Crippen molar-refractivity contribution in [3.05, 3.63) is 47.8 Å². The second-order valence-electron chi connectivity index (χ2n) is 5.29. The molecule has 108 valence electrons. The number of fused-ring (bicyclic) bond motifs is 1. The summed E-state index contributed by atoms with van der Waals surface area (Å²) in [4.78, 5) is 4.62. The van der Waals surface area contributed by atoms with Gasteiger partial charge in [-0.15, -0.1) is 0 Å². The van der Waals surface area contributed by atoms with Gasteiger partial charge in [0.05, 0.1) is 11.0 Å². The van der Waals surface area contributed by atoms with E-state index in [1.54, 1.807) is 6.07 Å². The molecule has 0 spiro atoms. The molecular formula is C17H18FN3. The number of nitrogens with zero attached hydrogens (tertiary/aromatic N) is 2. The van der Waals surface area contributed by atoms with Gasteiger partial charge in [-0.05, 0) is 49.2 Å². The fourth-order valence-corrected chi connectivity index (χ4v) is 2.59. The Labute approximate surface area is 123 Å². The molecule has 3 nitrogen and oxygen atoms in total. The Morgan fingerprint density at radius 2 is 2.00 bits per heavy atom. The van der Waals surface area contributed by atoms with E-state index >= 15 is 0 Å². The van der Waals surface area contributed by atoms with Gasteiger partial charge in [0.25, 0.3) is 0 Å². The summed E-state index contributed by atoms with van der Waals surface area (Å²) >= 11 is 0. The van der Waals surface area contributed by atoms with Crippen LogP contribution in [0.15, 0.2) is 36.4 Å². The van der Waals surface area contributed by atoms with Gasteiger partial charge in [0.2, 0.25) is 0 Å². The largest absolute Gasteiger partial charge is 0.399 e. The molecule has 0 unspecified atom stereocenters. The highest BCUT2D eigenvalue weighted by Crippen LogP contribution is 2.27. The molecule has 0 atom stereocenters. The molecule has 0 saturated heterocycles. The molecule has 0 aliphatic heterocycles. The normalized spacial score (nSPS) is 11.2. The molecule has 2 N–H and O–H groups in total. The maximum absolute atomic E-state index is 13.4. The van der Waals surface area contributed by atoms with Crippen molar-refractivity contribution in [2.75, 3.05) is 5.73 Å². The highest BCUT2D eigenvalue weighted by molar-refractivity contribution is 5.81. The molecular weight excluding hydrogens is 265 g/mol. The van der Waals surface area contributed by atoms with E-state index in [1.807, 2.05) is 25.1 Å². The summed E-state index contributed by atoms with van der Waals surface area (Å²) in [7, 11) is 0. The Kier molecular flexibility index (Phi) is 3.37. The Bertz CT molecular complexity index is 805. The molecule has 0 aliphatic rings. The van der Waals surface area contributed by atoms with E-state index in [-0.39, 0.29) is 5.82 Å². The second kappa shape index (κ2) is 5.20. The molecule has 1 heterocycles. The highest BCUT2D eigenvalue weighted by Gasteiger charge is 2.13. The lowest BCUT2D eigenvalue weighted by Gasteiger charge is -2.09. The first-order valence-electron chi connectivity index (χ1n) is 7.12. The summed E-state index contributed by atoms with van der Waals surface area (Å²) < 4.78 is 15.6. The number of benzene rings is 2. The summed E-state index contributed by atoms with van der Waals surface area (Å²) in [5.74, 6) is 0.601. The molecule has 0 radical (unpaired) electrons. The van der Waals surface area contributed by atoms with Crippen LogP contribution in [0.25, 0.3) is 22.4 Å². The summed E-state index contributed by atoms with van der Waals surface area (Å²) in [5, 5.41) is 0. The van der Waals surface area contributed by atoms with Crippen molar-refractivity contribution in [2.24, 2.45) is 0 Å². The molecule has 0 saturated carbocycles. The van der Waals surface area contributed by atoms with Crippen molar-refractivity contribution in [1.82, 2.24) is 9.55 Å². The van der Waals surface area contributed by atoms with Crippen LogP contribution in [0.4, 0.5) is 10.1 Å². The Balaban J connectivity index is 2.24. The molecule has 2 aromatic carbocycles. The van der Waals surface area contributed by atoms with Gasteiger partial charge >= 0.3 is 0 Å². The summed E-state index contributed by atoms with van der Waals surface area (Å²) in [6.45, 7) is 4.94. The van der Waals surface area contributed by atoms with Crippen LogP contribution in [-0.2, 0) is 6.54 Å². The van der Waals surface area contributed by atoms with E-state index in [0.717, 1.165) is 41.1 Å². The number of halogens is 1. The standard InChI is InChI=1S/C17H18FN3/c1-3-8-21-16-7-5-13(18)10-15(16)20-17(21)12-4-6-14(19)11(2)9-12/h4-7,9-10H,3,8,19H2,1-2H3. The van der Waals surface area contributed by atoms with Crippen molar-refractivity contribution in [1.29, 1.82) is 0 Å². The predicted octanol–water partition coefficient (Wildman–Crippen LogP) is 4.14. The van der Waals surface area contributed by atoms with Crippen LogP contribution >= 0.6 is 0 Å². The van der Waals surface area contributed by atoms with Gasteiger partial charge in [-0.2, -0.15) is 0 Å². The summed E-state index contributed by atoms with van der Waals surface area (Å²) in [5.41, 5.74) is 10.3. The van der Waals surface area contributed by atoms with Crippen molar-refractivity contribution >= 4 is 16.7 Å². The Morgan fingerprint density at radius 3 is 2.71 bits per heavy atom. The molecule has 3 aromatic rings. The first kappa shape index (κ1) is 13.6. The van der Waals surface area contributed by atoms with Crippen LogP contribution in [0, 0.1) is 12.7 Å². The average molecular weight is 283 g/mol. The maximum Gasteiger partial charge on any atom is 0.141 e. The third-order valence-corrected chi connectivity index (χ3v) is 3.69. The topological polar surface area (TPSA) is 43.8 Å². The van der Waals surface area contributed by atoms with Crippen LogP contribution in [-0.4, -0.2) is 9.55 Å². The quantitative estimate of drug-likeness (QED) is 0.734. The van der Waals surface area contributed by atoms with Gasteiger partial charge in [0, 0.05) is 23.9 Å². The number of aromatic nitrogens is 2. The maximum atomic E-state index is 13.4. The van der Waals surface area contributed by atoms with Crippen LogP contribution in [0.5, 0.6) is 0 Å². The van der Waals surface area contributed by atoms with Crippen molar-refractivity contribution < 1.29 is 4.39 Å². The van der Waals surface area contributed by atoms with Gasteiger partial charge in [-0.3, -0.25) is 0 Å². The Morgan fingerprint density at radius 1 is 1.19 bits per heavy atom. The van der Waals surface area contributed by atoms with Crippen molar-refractivity contribution in [2.45, 2.75) is 26.8 Å². The number of anilines is 1. The monoisotopic (exact) mass is 283 g/mol. The highest BCUT2D eigenvalue weighted by atomic mass is 19.1. The summed E-state index contributed by atoms with van der Waals surface area (Å²) in [6.07, 6.45) is 0.990. The van der Waals surface area contributed by atoms with Crippen LogP contribution in [0.2, 0.25) is 0 Å². The van der Waals surface area contributed by atoms with Gasteiger partial charge in [0.1, 0.15) is 11.6 Å². The molecule has 0 amide bonds. The third-order valence-electron chi connectivity index (χ3n) is 3.69. The number of nitrogen functional groups attached to an aromatic ring is 1. The number of rotatable bonds is 3.